The third-order valence-corrected chi connectivity index (χ3v) is 5.38. The number of amides is 1. The van der Waals surface area contributed by atoms with E-state index >= 15 is 0 Å². The smallest absolute Gasteiger partial charge is 0.255 e. The summed E-state index contributed by atoms with van der Waals surface area (Å²) in [6.07, 6.45) is 0.918. The molecule has 3 rings (SSSR count). The molecule has 1 atom stereocenters. The Bertz CT molecular complexity index is 832. The van der Waals surface area contributed by atoms with Crippen LogP contribution >= 0.6 is 11.8 Å². The molecule has 0 spiro atoms. The fourth-order valence-corrected chi connectivity index (χ4v) is 3.92. The fourth-order valence-electron chi connectivity index (χ4n) is 2.94. The Hall–Kier alpha value is -2.47. The summed E-state index contributed by atoms with van der Waals surface area (Å²) in [5.74, 6) is 0.820. The van der Waals surface area contributed by atoms with Gasteiger partial charge in [-0.15, -0.1) is 0 Å². The number of nitrogens with zero attached hydrogens (tertiary/aromatic N) is 2. The maximum absolute atomic E-state index is 12.5. The van der Waals surface area contributed by atoms with E-state index in [0.29, 0.717) is 10.7 Å². The van der Waals surface area contributed by atoms with Crippen LogP contribution in [0.4, 0.5) is 11.4 Å². The Kier molecular flexibility index (Phi) is 5.23. The Morgan fingerprint density at radius 2 is 1.96 bits per heavy atom. The van der Waals surface area contributed by atoms with E-state index in [1.54, 1.807) is 11.8 Å². The van der Waals surface area contributed by atoms with Crippen molar-refractivity contribution in [3.63, 3.8) is 0 Å². The molecule has 2 aromatic rings. The van der Waals surface area contributed by atoms with Crippen LogP contribution in [0.5, 0.6) is 0 Å². The van der Waals surface area contributed by atoms with E-state index in [0.717, 1.165) is 29.1 Å². The second-order valence-electron chi connectivity index (χ2n) is 6.80. The van der Waals surface area contributed by atoms with Crippen molar-refractivity contribution in [1.82, 2.24) is 0 Å². The van der Waals surface area contributed by atoms with Crippen LogP contribution in [0.3, 0.4) is 0 Å². The minimum atomic E-state index is -0.344. The molecule has 0 aromatic heterocycles. The van der Waals surface area contributed by atoms with Gasteiger partial charge < -0.3 is 16.0 Å². The molecule has 5 nitrogen and oxygen atoms in total. The summed E-state index contributed by atoms with van der Waals surface area (Å²) in [4.78, 5) is 19.2. The molecule has 1 unspecified atom stereocenters. The molecule has 6 heteroatoms. The Morgan fingerprint density at radius 3 is 2.62 bits per heavy atom. The average molecular weight is 369 g/mol. The summed E-state index contributed by atoms with van der Waals surface area (Å²) in [6, 6.07) is 15.4. The Labute approximate surface area is 158 Å². The molecule has 0 aliphatic carbocycles. The minimum Gasteiger partial charge on any atom is -0.379 e. The molecule has 0 fully saturated rings. The second kappa shape index (κ2) is 7.41. The maximum atomic E-state index is 12.5. The highest BCUT2D eigenvalue weighted by Crippen LogP contribution is 2.35. The monoisotopic (exact) mass is 368 g/mol. The first kappa shape index (κ1) is 18.3. The fraction of sp³-hybridized carbons (Fsp3) is 0.300. The normalized spacial score (nSPS) is 19.6. The van der Waals surface area contributed by atoms with Crippen molar-refractivity contribution in [2.45, 2.75) is 18.9 Å². The van der Waals surface area contributed by atoms with Gasteiger partial charge in [0.05, 0.1) is 5.54 Å². The zero-order valence-corrected chi connectivity index (χ0v) is 16.1. The average Bonchev–Trinajstić information content (AvgIpc) is 2.62. The van der Waals surface area contributed by atoms with E-state index in [4.69, 9.17) is 5.73 Å². The number of carbonyl (C=O) groups is 1. The lowest BCUT2D eigenvalue weighted by Crippen LogP contribution is -2.28. The summed E-state index contributed by atoms with van der Waals surface area (Å²) < 4.78 is 0. The number of carbonyl (C=O) groups excluding carboxylic acids is 1. The van der Waals surface area contributed by atoms with Gasteiger partial charge in [-0.2, -0.15) is 0 Å². The van der Waals surface area contributed by atoms with Gasteiger partial charge in [0.2, 0.25) is 0 Å². The van der Waals surface area contributed by atoms with Crippen molar-refractivity contribution in [1.29, 1.82) is 0 Å². The van der Waals surface area contributed by atoms with Gasteiger partial charge >= 0.3 is 0 Å². The summed E-state index contributed by atoms with van der Waals surface area (Å²) in [7, 11) is 3.94. The van der Waals surface area contributed by atoms with Gasteiger partial charge in [-0.1, -0.05) is 23.9 Å². The van der Waals surface area contributed by atoms with E-state index in [1.807, 2.05) is 67.5 Å². The number of hydrogen-bond acceptors (Lipinski definition) is 5. The number of benzene rings is 2. The number of anilines is 2. The quantitative estimate of drug-likeness (QED) is 0.864. The van der Waals surface area contributed by atoms with E-state index < -0.39 is 0 Å². The van der Waals surface area contributed by atoms with Gasteiger partial charge in [0.25, 0.3) is 5.91 Å². The van der Waals surface area contributed by atoms with Gasteiger partial charge in [0.1, 0.15) is 0 Å². The number of nitrogens with one attached hydrogen (secondary N) is 1. The molecule has 0 bridgehead atoms. The van der Waals surface area contributed by atoms with E-state index in [9.17, 15) is 4.79 Å². The number of nitrogens with two attached hydrogens (primary N) is 1. The first-order chi connectivity index (χ1) is 12.4. The standard InChI is InChI=1S/C20H24N4OS/c1-20(11-12-26-19(21)23-20)15-5-4-6-16(13-15)22-18(25)14-7-9-17(10-8-14)24(2)3/h4-10,13H,11-12H2,1-3H3,(H2,21,23)(H,22,25). The number of aliphatic imine (C=N–C) groups is 1. The number of amidine groups is 1. The van der Waals surface area contributed by atoms with Crippen LogP contribution in [-0.4, -0.2) is 30.9 Å². The molecule has 1 aliphatic heterocycles. The molecule has 1 heterocycles. The maximum Gasteiger partial charge on any atom is 0.255 e. The van der Waals surface area contributed by atoms with Crippen molar-refractivity contribution in [2.75, 3.05) is 30.1 Å². The second-order valence-corrected chi connectivity index (χ2v) is 7.91. The molecule has 1 amide bonds. The predicted octanol–water partition coefficient (Wildman–Crippen LogP) is 3.67. The van der Waals surface area contributed by atoms with Crippen molar-refractivity contribution in [2.24, 2.45) is 10.7 Å². The largest absolute Gasteiger partial charge is 0.379 e. The summed E-state index contributed by atoms with van der Waals surface area (Å²) >= 11 is 1.58. The first-order valence-electron chi connectivity index (χ1n) is 8.55. The number of rotatable bonds is 4. The molecular formula is C20H24N4OS. The SMILES string of the molecule is CN(C)c1ccc(C(=O)Nc2cccc(C3(C)CCSC(N)=N3)c2)cc1. The van der Waals surface area contributed by atoms with Crippen molar-refractivity contribution in [3.05, 3.63) is 59.7 Å². The minimum absolute atomic E-state index is 0.125. The molecule has 136 valence electrons. The van der Waals surface area contributed by atoms with Crippen molar-refractivity contribution >= 4 is 34.2 Å². The number of hydrogen-bond donors (Lipinski definition) is 2. The highest BCUT2D eigenvalue weighted by molar-refractivity contribution is 8.13. The zero-order valence-electron chi connectivity index (χ0n) is 15.3. The van der Waals surface area contributed by atoms with E-state index in [1.165, 1.54) is 0 Å². The Balaban J connectivity index is 1.78. The highest BCUT2D eigenvalue weighted by Gasteiger charge is 2.29. The van der Waals surface area contributed by atoms with Crippen LogP contribution in [0.2, 0.25) is 0 Å². The lowest BCUT2D eigenvalue weighted by atomic mass is 9.89. The third kappa shape index (κ3) is 4.02. The van der Waals surface area contributed by atoms with Gasteiger partial charge in [-0.05, 0) is 55.3 Å². The molecule has 0 saturated carbocycles. The molecule has 0 radical (unpaired) electrons. The van der Waals surface area contributed by atoms with Gasteiger partial charge in [-0.25, -0.2) is 0 Å². The molecule has 3 N–H and O–H groups in total. The third-order valence-electron chi connectivity index (χ3n) is 4.58. The topological polar surface area (TPSA) is 70.7 Å². The first-order valence-corrected chi connectivity index (χ1v) is 9.53. The van der Waals surface area contributed by atoms with Gasteiger partial charge in [0.15, 0.2) is 5.17 Å². The molecular weight excluding hydrogens is 344 g/mol. The summed E-state index contributed by atoms with van der Waals surface area (Å²) in [6.45, 7) is 2.08. The molecule has 1 aliphatic rings. The lowest BCUT2D eigenvalue weighted by Gasteiger charge is -2.30. The van der Waals surface area contributed by atoms with E-state index in [2.05, 4.69) is 17.2 Å². The van der Waals surface area contributed by atoms with Gasteiger partial charge in [-0.3, -0.25) is 9.79 Å². The van der Waals surface area contributed by atoms with Crippen LogP contribution in [0, 0.1) is 0 Å². The van der Waals surface area contributed by atoms with Crippen LogP contribution in [0.15, 0.2) is 53.5 Å². The Morgan fingerprint density at radius 1 is 1.23 bits per heavy atom. The van der Waals surface area contributed by atoms with Crippen LogP contribution < -0.4 is 16.0 Å². The molecule has 26 heavy (non-hydrogen) atoms. The van der Waals surface area contributed by atoms with Gasteiger partial charge in [0, 0.05) is 36.8 Å². The molecule has 0 saturated heterocycles. The van der Waals surface area contributed by atoms with Crippen molar-refractivity contribution in [3.8, 4) is 0 Å². The van der Waals surface area contributed by atoms with E-state index in [-0.39, 0.29) is 11.4 Å². The predicted molar refractivity (Wildman–Crippen MR) is 111 cm³/mol. The van der Waals surface area contributed by atoms with Crippen LogP contribution in [0.1, 0.15) is 29.3 Å². The lowest BCUT2D eigenvalue weighted by molar-refractivity contribution is 0.102. The summed E-state index contributed by atoms with van der Waals surface area (Å²) in [5, 5.41) is 3.60. The molecule has 2 aromatic carbocycles. The highest BCUT2D eigenvalue weighted by atomic mass is 32.2. The van der Waals surface area contributed by atoms with Crippen LogP contribution in [-0.2, 0) is 5.54 Å². The summed E-state index contributed by atoms with van der Waals surface area (Å²) in [5.41, 5.74) is 9.08. The zero-order chi connectivity index (χ0) is 18.7. The number of thioether (sulfide) groups is 1. The van der Waals surface area contributed by atoms with Crippen LogP contribution in [0.25, 0.3) is 0 Å². The van der Waals surface area contributed by atoms with Crippen molar-refractivity contribution < 1.29 is 4.79 Å².